The van der Waals surface area contributed by atoms with E-state index in [1.54, 1.807) is 4.90 Å². The molecule has 1 aromatic carbocycles. The maximum absolute atomic E-state index is 12.5. The second-order valence-electron chi connectivity index (χ2n) is 6.43. The van der Waals surface area contributed by atoms with Crippen molar-refractivity contribution in [3.8, 4) is 11.4 Å². The Morgan fingerprint density at radius 3 is 2.64 bits per heavy atom. The molecule has 0 aliphatic carbocycles. The van der Waals surface area contributed by atoms with Gasteiger partial charge >= 0.3 is 0 Å². The highest BCUT2D eigenvalue weighted by atomic mass is 16.5. The van der Waals surface area contributed by atoms with Crippen LogP contribution < -0.4 is 0 Å². The van der Waals surface area contributed by atoms with Crippen LogP contribution in [-0.4, -0.2) is 34.0 Å². The van der Waals surface area contributed by atoms with Crippen molar-refractivity contribution in [2.45, 2.75) is 25.7 Å². The summed E-state index contributed by atoms with van der Waals surface area (Å²) in [7, 11) is 0. The molecular weight excluding hydrogens is 318 g/mol. The molecular formula is C19H19N3O3. The van der Waals surface area contributed by atoms with Gasteiger partial charge in [-0.1, -0.05) is 35.5 Å². The molecule has 3 heterocycles. The van der Waals surface area contributed by atoms with Crippen molar-refractivity contribution in [3.63, 3.8) is 0 Å². The summed E-state index contributed by atoms with van der Waals surface area (Å²) in [5.41, 5.74) is 0.923. The zero-order valence-corrected chi connectivity index (χ0v) is 14.2. The summed E-state index contributed by atoms with van der Waals surface area (Å²) in [6, 6.07) is 13.4. The Kier molecular flexibility index (Phi) is 3.87. The summed E-state index contributed by atoms with van der Waals surface area (Å²) in [5, 5.41) is 4.04. The van der Waals surface area contributed by atoms with Crippen molar-refractivity contribution in [2.24, 2.45) is 0 Å². The van der Waals surface area contributed by atoms with Gasteiger partial charge in [-0.05, 0) is 26.0 Å². The van der Waals surface area contributed by atoms with E-state index < -0.39 is 0 Å². The van der Waals surface area contributed by atoms with Gasteiger partial charge in [0.15, 0.2) is 0 Å². The third-order valence-corrected chi connectivity index (χ3v) is 4.57. The molecule has 3 aromatic rings. The highest BCUT2D eigenvalue weighted by molar-refractivity contribution is 5.83. The monoisotopic (exact) mass is 337 g/mol. The lowest BCUT2D eigenvalue weighted by atomic mass is 9.96. The average Bonchev–Trinajstić information content (AvgIpc) is 3.23. The van der Waals surface area contributed by atoms with Crippen molar-refractivity contribution in [2.75, 3.05) is 13.1 Å². The normalized spacial score (nSPS) is 15.8. The van der Waals surface area contributed by atoms with Gasteiger partial charge in [0, 0.05) is 18.7 Å². The number of rotatable bonds is 4. The van der Waals surface area contributed by atoms with Gasteiger partial charge in [0.05, 0.1) is 11.8 Å². The van der Waals surface area contributed by atoms with Crippen LogP contribution in [-0.2, 0) is 4.79 Å². The van der Waals surface area contributed by atoms with Crippen LogP contribution in [0.1, 0.15) is 36.2 Å². The number of benzene rings is 1. The maximum atomic E-state index is 12.5. The highest BCUT2D eigenvalue weighted by Gasteiger charge is 2.38. The number of hydrogen-bond acceptors (Lipinski definition) is 5. The molecule has 0 bridgehead atoms. The quantitative estimate of drug-likeness (QED) is 0.730. The van der Waals surface area contributed by atoms with Gasteiger partial charge in [0.1, 0.15) is 11.5 Å². The van der Waals surface area contributed by atoms with Crippen LogP contribution in [0.5, 0.6) is 0 Å². The van der Waals surface area contributed by atoms with Gasteiger partial charge in [0.25, 0.3) is 0 Å². The largest absolute Gasteiger partial charge is 0.466 e. The van der Waals surface area contributed by atoms with E-state index in [1.165, 1.54) is 0 Å². The number of furan rings is 1. The smallest absolute Gasteiger partial charge is 0.233 e. The van der Waals surface area contributed by atoms with Gasteiger partial charge < -0.3 is 13.8 Å². The molecule has 2 aromatic heterocycles. The van der Waals surface area contributed by atoms with Crippen molar-refractivity contribution in [1.29, 1.82) is 0 Å². The summed E-state index contributed by atoms with van der Waals surface area (Å²) < 4.78 is 10.9. The molecule has 6 heteroatoms. The highest BCUT2D eigenvalue weighted by Crippen LogP contribution is 2.31. The number of amides is 1. The molecule has 1 fully saturated rings. The van der Waals surface area contributed by atoms with Crippen LogP contribution >= 0.6 is 0 Å². The van der Waals surface area contributed by atoms with Crippen LogP contribution in [0.25, 0.3) is 11.4 Å². The van der Waals surface area contributed by atoms with E-state index in [0.29, 0.717) is 30.6 Å². The summed E-state index contributed by atoms with van der Waals surface area (Å²) in [6.45, 7) is 4.94. The number of hydrogen-bond donors (Lipinski definition) is 0. The van der Waals surface area contributed by atoms with Crippen LogP contribution in [0.3, 0.4) is 0 Å². The van der Waals surface area contributed by atoms with Crippen molar-refractivity contribution >= 4 is 5.91 Å². The topological polar surface area (TPSA) is 72.4 Å². The van der Waals surface area contributed by atoms with Crippen LogP contribution in [0.15, 0.2) is 51.4 Å². The summed E-state index contributed by atoms with van der Waals surface area (Å²) in [4.78, 5) is 18.8. The van der Waals surface area contributed by atoms with E-state index in [0.717, 1.165) is 11.3 Å². The molecule has 0 saturated carbocycles. The number of likely N-dealkylation sites (tertiary alicyclic amines) is 1. The van der Waals surface area contributed by atoms with Crippen molar-refractivity contribution in [1.82, 2.24) is 15.0 Å². The first kappa shape index (κ1) is 15.6. The number of carbonyl (C=O) groups is 1. The van der Waals surface area contributed by atoms with Gasteiger partial charge in [0.2, 0.25) is 17.6 Å². The van der Waals surface area contributed by atoms with E-state index in [9.17, 15) is 4.79 Å². The Hall–Kier alpha value is -2.89. The van der Waals surface area contributed by atoms with Crippen LogP contribution in [0, 0.1) is 6.92 Å². The standard InChI is InChI=1S/C19H19N3O3/c1-12-8-9-16(24-12)13(2)19(23)22-10-15(11-22)18-20-17(21-25-18)14-6-4-3-5-7-14/h3-9,13,15H,10-11H2,1-2H3. The SMILES string of the molecule is Cc1ccc(C(C)C(=O)N2CC(c3nc(-c4ccccc4)no3)C2)o1. The lowest BCUT2D eigenvalue weighted by Crippen LogP contribution is -2.50. The molecule has 128 valence electrons. The molecule has 1 amide bonds. The number of aryl methyl sites for hydroxylation is 1. The molecule has 1 unspecified atom stereocenters. The fourth-order valence-electron chi connectivity index (χ4n) is 3.00. The van der Waals surface area contributed by atoms with E-state index in [1.807, 2.05) is 56.3 Å². The Balaban J connectivity index is 1.39. The predicted octanol–water partition coefficient (Wildman–Crippen LogP) is 3.37. The zero-order chi connectivity index (χ0) is 17.4. The summed E-state index contributed by atoms with van der Waals surface area (Å²) >= 11 is 0. The second-order valence-corrected chi connectivity index (χ2v) is 6.43. The number of carbonyl (C=O) groups excluding carboxylic acids is 1. The predicted molar refractivity (Wildman–Crippen MR) is 90.9 cm³/mol. The average molecular weight is 337 g/mol. The van der Waals surface area contributed by atoms with Gasteiger partial charge in [-0.15, -0.1) is 0 Å². The molecule has 6 nitrogen and oxygen atoms in total. The lowest BCUT2D eigenvalue weighted by molar-refractivity contribution is -0.137. The van der Waals surface area contributed by atoms with E-state index in [-0.39, 0.29) is 17.7 Å². The molecule has 1 aliphatic rings. The molecule has 0 spiro atoms. The molecule has 4 rings (SSSR count). The van der Waals surface area contributed by atoms with Gasteiger partial charge in [-0.3, -0.25) is 4.79 Å². The lowest BCUT2D eigenvalue weighted by Gasteiger charge is -2.38. The van der Waals surface area contributed by atoms with Gasteiger partial charge in [-0.25, -0.2) is 0 Å². The van der Waals surface area contributed by atoms with E-state index in [2.05, 4.69) is 10.1 Å². The fourth-order valence-corrected chi connectivity index (χ4v) is 3.00. The summed E-state index contributed by atoms with van der Waals surface area (Å²) in [6.07, 6.45) is 0. The Morgan fingerprint density at radius 2 is 1.96 bits per heavy atom. The van der Waals surface area contributed by atoms with Crippen LogP contribution in [0.2, 0.25) is 0 Å². The molecule has 25 heavy (non-hydrogen) atoms. The summed E-state index contributed by atoms with van der Waals surface area (Å²) in [5.74, 6) is 2.57. The maximum Gasteiger partial charge on any atom is 0.233 e. The first-order chi connectivity index (χ1) is 12.1. The minimum atomic E-state index is -0.280. The Labute approximate surface area is 145 Å². The van der Waals surface area contributed by atoms with E-state index >= 15 is 0 Å². The molecule has 0 radical (unpaired) electrons. The molecule has 1 aliphatic heterocycles. The first-order valence-electron chi connectivity index (χ1n) is 8.36. The number of nitrogens with zero attached hydrogens (tertiary/aromatic N) is 3. The molecule has 0 N–H and O–H groups in total. The zero-order valence-electron chi connectivity index (χ0n) is 14.2. The Bertz CT molecular complexity index is 878. The van der Waals surface area contributed by atoms with E-state index in [4.69, 9.17) is 8.94 Å². The van der Waals surface area contributed by atoms with Crippen molar-refractivity contribution < 1.29 is 13.7 Å². The minimum Gasteiger partial charge on any atom is -0.466 e. The van der Waals surface area contributed by atoms with Gasteiger partial charge in [-0.2, -0.15) is 4.98 Å². The molecule has 1 atom stereocenters. The third kappa shape index (κ3) is 2.95. The van der Waals surface area contributed by atoms with Crippen LogP contribution in [0.4, 0.5) is 0 Å². The number of aromatic nitrogens is 2. The third-order valence-electron chi connectivity index (χ3n) is 4.57. The fraction of sp³-hybridized carbons (Fsp3) is 0.316. The second kappa shape index (κ2) is 6.20. The van der Waals surface area contributed by atoms with Crippen molar-refractivity contribution in [3.05, 3.63) is 59.9 Å². The minimum absolute atomic E-state index is 0.0633. The Morgan fingerprint density at radius 1 is 1.20 bits per heavy atom. The first-order valence-corrected chi connectivity index (χ1v) is 8.36. The molecule has 1 saturated heterocycles.